The maximum Gasteiger partial charge on any atom is 0.217 e. The number of unbranched alkanes of at least 4 members (excludes halogenated alkanes) is 1. The third-order valence-corrected chi connectivity index (χ3v) is 5.20. The largest absolute Gasteiger partial charge is 0.354 e. The quantitative estimate of drug-likeness (QED) is 0.648. The molecule has 0 aromatic carbocycles. The van der Waals surface area contributed by atoms with Gasteiger partial charge in [0.15, 0.2) is 5.16 Å². The Labute approximate surface area is 131 Å². The first-order valence-electron chi connectivity index (χ1n) is 7.91. The molecule has 118 valence electrons. The van der Waals surface area contributed by atoms with Crippen molar-refractivity contribution in [2.24, 2.45) is 7.05 Å². The summed E-state index contributed by atoms with van der Waals surface area (Å²) in [5.41, 5.74) is 0. The fraction of sp³-hybridized carbons (Fsp3) is 0.800. The van der Waals surface area contributed by atoms with Crippen LogP contribution in [0.3, 0.4) is 0 Å². The van der Waals surface area contributed by atoms with Crippen molar-refractivity contribution in [2.45, 2.75) is 69.5 Å². The van der Waals surface area contributed by atoms with Crippen LogP contribution in [0.2, 0.25) is 0 Å². The van der Waals surface area contributed by atoms with Gasteiger partial charge in [0.25, 0.3) is 0 Å². The molecule has 21 heavy (non-hydrogen) atoms. The Bertz CT molecular complexity index is 466. The van der Waals surface area contributed by atoms with Gasteiger partial charge < -0.3 is 9.88 Å². The lowest BCUT2D eigenvalue weighted by atomic mass is 9.85. The molecule has 1 aromatic heterocycles. The molecule has 5 nitrogen and oxygen atoms in total. The summed E-state index contributed by atoms with van der Waals surface area (Å²) in [5.74, 6) is 2.77. The van der Waals surface area contributed by atoms with Crippen molar-refractivity contribution in [3.63, 3.8) is 0 Å². The molecule has 0 unspecified atom stereocenters. The second kappa shape index (κ2) is 7.82. The summed E-state index contributed by atoms with van der Waals surface area (Å²) >= 11 is 1.80. The second-order valence-corrected chi connectivity index (χ2v) is 6.91. The van der Waals surface area contributed by atoms with E-state index in [-0.39, 0.29) is 5.91 Å². The van der Waals surface area contributed by atoms with E-state index >= 15 is 0 Å². The molecule has 1 fully saturated rings. The number of rotatable bonds is 6. The van der Waals surface area contributed by atoms with Crippen LogP contribution in [0.25, 0.3) is 0 Å². The van der Waals surface area contributed by atoms with Gasteiger partial charge in [-0.05, 0) is 32.1 Å². The molecule has 1 aliphatic carbocycles. The molecule has 1 heterocycles. The molecule has 0 radical (unpaired) electrons. The summed E-state index contributed by atoms with van der Waals surface area (Å²) < 4.78 is 2.16. The van der Waals surface area contributed by atoms with Crippen LogP contribution < -0.4 is 5.32 Å². The highest BCUT2D eigenvalue weighted by atomic mass is 32.2. The summed E-state index contributed by atoms with van der Waals surface area (Å²) in [6.07, 6.45) is 6.66. The van der Waals surface area contributed by atoms with E-state index in [9.17, 15) is 4.79 Å². The third-order valence-electron chi connectivity index (χ3n) is 4.10. The number of amides is 1. The molecule has 0 bridgehead atoms. The summed E-state index contributed by atoms with van der Waals surface area (Å²) in [6, 6.07) is 0.338. The number of nitrogens with zero attached hydrogens (tertiary/aromatic N) is 3. The molecular weight excluding hydrogens is 284 g/mol. The van der Waals surface area contributed by atoms with Gasteiger partial charge in [-0.2, -0.15) is 0 Å². The predicted molar refractivity (Wildman–Crippen MR) is 85.4 cm³/mol. The van der Waals surface area contributed by atoms with Crippen LogP contribution in [0, 0.1) is 0 Å². The standard InChI is InChI=1S/C15H26N4OS/c1-4-5-10-21-15-18-17-14(19(15)3)12-6-8-13(9-7-12)16-11(2)20/h12-13H,4-10H2,1-3H3,(H,16,20). The van der Waals surface area contributed by atoms with Crippen LogP contribution in [0.4, 0.5) is 0 Å². The second-order valence-electron chi connectivity index (χ2n) is 5.85. The number of nitrogens with one attached hydrogen (secondary N) is 1. The van der Waals surface area contributed by atoms with Crippen molar-refractivity contribution in [3.05, 3.63) is 5.82 Å². The number of hydrogen-bond acceptors (Lipinski definition) is 4. The molecule has 1 saturated carbocycles. The van der Waals surface area contributed by atoms with Gasteiger partial charge in [0.05, 0.1) is 0 Å². The van der Waals surface area contributed by atoms with Gasteiger partial charge in [0.2, 0.25) is 5.91 Å². The molecule has 0 atom stereocenters. The lowest BCUT2D eigenvalue weighted by Crippen LogP contribution is -2.36. The van der Waals surface area contributed by atoms with Crippen molar-refractivity contribution in [1.82, 2.24) is 20.1 Å². The zero-order valence-corrected chi connectivity index (χ0v) is 14.1. The average molecular weight is 310 g/mol. The van der Waals surface area contributed by atoms with Crippen molar-refractivity contribution >= 4 is 17.7 Å². The molecule has 1 aromatic rings. The topological polar surface area (TPSA) is 59.8 Å². The van der Waals surface area contributed by atoms with E-state index in [1.165, 1.54) is 12.8 Å². The number of aromatic nitrogens is 3. The van der Waals surface area contributed by atoms with E-state index < -0.39 is 0 Å². The van der Waals surface area contributed by atoms with Gasteiger partial charge >= 0.3 is 0 Å². The van der Waals surface area contributed by atoms with Gasteiger partial charge in [-0.25, -0.2) is 0 Å². The fourth-order valence-corrected chi connectivity index (χ4v) is 3.90. The Balaban J connectivity index is 1.90. The Hall–Kier alpha value is -1.04. The Morgan fingerprint density at radius 2 is 2.05 bits per heavy atom. The predicted octanol–water partition coefficient (Wildman–Crippen LogP) is 2.87. The smallest absolute Gasteiger partial charge is 0.217 e. The van der Waals surface area contributed by atoms with E-state index in [0.717, 1.165) is 42.4 Å². The number of hydrogen-bond donors (Lipinski definition) is 1. The third kappa shape index (κ3) is 4.46. The van der Waals surface area contributed by atoms with Crippen molar-refractivity contribution in [2.75, 3.05) is 5.75 Å². The van der Waals surface area contributed by atoms with E-state index in [0.29, 0.717) is 12.0 Å². The molecule has 2 rings (SSSR count). The van der Waals surface area contributed by atoms with E-state index in [4.69, 9.17) is 0 Å². The van der Waals surface area contributed by atoms with E-state index in [2.05, 4.69) is 34.1 Å². The maximum atomic E-state index is 11.1. The van der Waals surface area contributed by atoms with E-state index in [1.807, 2.05) is 0 Å². The molecular formula is C15H26N4OS. The van der Waals surface area contributed by atoms with Gasteiger partial charge in [-0.1, -0.05) is 25.1 Å². The van der Waals surface area contributed by atoms with Crippen LogP contribution >= 0.6 is 11.8 Å². The first-order chi connectivity index (χ1) is 10.1. The summed E-state index contributed by atoms with van der Waals surface area (Å²) in [4.78, 5) is 11.1. The molecule has 0 aliphatic heterocycles. The highest BCUT2D eigenvalue weighted by molar-refractivity contribution is 7.99. The van der Waals surface area contributed by atoms with Crippen LogP contribution in [0.1, 0.15) is 64.1 Å². The minimum Gasteiger partial charge on any atom is -0.354 e. The van der Waals surface area contributed by atoms with Crippen molar-refractivity contribution in [1.29, 1.82) is 0 Å². The van der Waals surface area contributed by atoms with Crippen molar-refractivity contribution < 1.29 is 4.79 Å². The SMILES string of the molecule is CCCCSc1nnc(C2CCC(NC(C)=O)CC2)n1C. The lowest BCUT2D eigenvalue weighted by molar-refractivity contribution is -0.119. The summed E-state index contributed by atoms with van der Waals surface area (Å²) in [5, 5.41) is 12.8. The van der Waals surface area contributed by atoms with Gasteiger partial charge in [0, 0.05) is 31.7 Å². The first kappa shape index (κ1) is 16.3. The Kier molecular flexibility index (Phi) is 6.08. The van der Waals surface area contributed by atoms with Gasteiger partial charge in [-0.15, -0.1) is 10.2 Å². The van der Waals surface area contributed by atoms with Crippen LogP contribution in [-0.4, -0.2) is 32.5 Å². The number of carbonyl (C=O) groups excluding carboxylic acids is 1. The molecule has 0 saturated heterocycles. The Morgan fingerprint density at radius 3 is 2.67 bits per heavy atom. The molecule has 0 spiro atoms. The molecule has 6 heteroatoms. The summed E-state index contributed by atoms with van der Waals surface area (Å²) in [7, 11) is 2.07. The van der Waals surface area contributed by atoms with Gasteiger partial charge in [0.1, 0.15) is 5.82 Å². The Morgan fingerprint density at radius 1 is 1.33 bits per heavy atom. The van der Waals surface area contributed by atoms with Gasteiger partial charge in [-0.3, -0.25) is 4.79 Å². The maximum absolute atomic E-state index is 11.1. The zero-order valence-electron chi connectivity index (χ0n) is 13.3. The van der Waals surface area contributed by atoms with E-state index in [1.54, 1.807) is 18.7 Å². The molecule has 1 aliphatic rings. The highest BCUT2D eigenvalue weighted by Crippen LogP contribution is 2.33. The zero-order chi connectivity index (χ0) is 15.2. The first-order valence-corrected chi connectivity index (χ1v) is 8.89. The summed E-state index contributed by atoms with van der Waals surface area (Å²) in [6.45, 7) is 3.80. The van der Waals surface area contributed by atoms with Crippen LogP contribution in [-0.2, 0) is 11.8 Å². The number of thioether (sulfide) groups is 1. The normalized spacial score (nSPS) is 22.2. The molecule has 1 amide bonds. The fourth-order valence-electron chi connectivity index (χ4n) is 2.90. The minimum absolute atomic E-state index is 0.0757. The van der Waals surface area contributed by atoms with Crippen LogP contribution in [0.5, 0.6) is 0 Å². The minimum atomic E-state index is 0.0757. The monoisotopic (exact) mass is 310 g/mol. The average Bonchev–Trinajstić information content (AvgIpc) is 2.81. The van der Waals surface area contributed by atoms with Crippen molar-refractivity contribution in [3.8, 4) is 0 Å². The highest BCUT2D eigenvalue weighted by Gasteiger charge is 2.26. The van der Waals surface area contributed by atoms with Crippen LogP contribution in [0.15, 0.2) is 5.16 Å². The number of carbonyl (C=O) groups is 1. The molecule has 1 N–H and O–H groups in total. The lowest BCUT2D eigenvalue weighted by Gasteiger charge is -2.28.